The molecule has 0 bridgehead atoms. The highest BCUT2D eigenvalue weighted by molar-refractivity contribution is 6.09. The van der Waals surface area contributed by atoms with Crippen LogP contribution in [0.5, 0.6) is 0 Å². The standard InChI is InChI=1S/C11H13NO4/c13-9(14)4-8(5-1-2-5)12-10(15)6-3-7(6)11(12)16/h5-8H,1-4H2,(H,13,14). The normalized spacial score (nSPS) is 33.9. The summed E-state index contributed by atoms with van der Waals surface area (Å²) in [4.78, 5) is 35.7. The van der Waals surface area contributed by atoms with Gasteiger partial charge in [0.15, 0.2) is 0 Å². The van der Waals surface area contributed by atoms with Crippen molar-refractivity contribution >= 4 is 17.8 Å². The molecule has 3 aliphatic rings. The fourth-order valence-corrected chi connectivity index (χ4v) is 2.66. The molecule has 2 aliphatic carbocycles. The number of carbonyl (C=O) groups is 3. The lowest BCUT2D eigenvalue weighted by Crippen LogP contribution is -2.44. The van der Waals surface area contributed by atoms with E-state index in [-0.39, 0.29) is 42.0 Å². The van der Waals surface area contributed by atoms with Gasteiger partial charge in [0.05, 0.1) is 24.3 Å². The molecule has 1 saturated heterocycles. The van der Waals surface area contributed by atoms with E-state index in [9.17, 15) is 14.4 Å². The topological polar surface area (TPSA) is 74.7 Å². The van der Waals surface area contributed by atoms with E-state index in [1.807, 2.05) is 0 Å². The van der Waals surface area contributed by atoms with E-state index in [2.05, 4.69) is 0 Å². The number of hydrogen-bond donors (Lipinski definition) is 1. The van der Waals surface area contributed by atoms with Gasteiger partial charge < -0.3 is 5.11 Å². The second-order valence-electron chi connectivity index (χ2n) is 5.00. The minimum atomic E-state index is -0.932. The molecular weight excluding hydrogens is 210 g/mol. The summed E-state index contributed by atoms with van der Waals surface area (Å²) < 4.78 is 0. The van der Waals surface area contributed by atoms with Crippen LogP contribution in [0.4, 0.5) is 0 Å². The minimum Gasteiger partial charge on any atom is -0.481 e. The molecule has 86 valence electrons. The Kier molecular flexibility index (Phi) is 1.87. The zero-order valence-electron chi connectivity index (χ0n) is 8.76. The molecule has 3 fully saturated rings. The van der Waals surface area contributed by atoms with E-state index in [0.717, 1.165) is 12.8 Å². The summed E-state index contributed by atoms with van der Waals surface area (Å²) in [6.45, 7) is 0. The number of carboxylic acids is 1. The number of imide groups is 1. The largest absolute Gasteiger partial charge is 0.481 e. The Morgan fingerprint density at radius 1 is 1.31 bits per heavy atom. The summed E-state index contributed by atoms with van der Waals surface area (Å²) in [7, 11) is 0. The highest BCUT2D eigenvalue weighted by Crippen LogP contribution is 2.50. The van der Waals surface area contributed by atoms with Gasteiger partial charge in [0.1, 0.15) is 0 Å². The maximum absolute atomic E-state index is 11.8. The Morgan fingerprint density at radius 3 is 2.31 bits per heavy atom. The van der Waals surface area contributed by atoms with Crippen LogP contribution in [0, 0.1) is 17.8 Å². The van der Waals surface area contributed by atoms with Gasteiger partial charge in [0.2, 0.25) is 11.8 Å². The molecule has 0 aromatic heterocycles. The van der Waals surface area contributed by atoms with E-state index in [4.69, 9.17) is 5.11 Å². The molecule has 2 saturated carbocycles. The predicted molar refractivity (Wildman–Crippen MR) is 52.2 cm³/mol. The van der Waals surface area contributed by atoms with Gasteiger partial charge in [-0.15, -0.1) is 0 Å². The van der Waals surface area contributed by atoms with Gasteiger partial charge in [-0.1, -0.05) is 0 Å². The lowest BCUT2D eigenvalue weighted by Gasteiger charge is -2.26. The first-order chi connectivity index (χ1) is 7.59. The second kappa shape index (κ2) is 3.06. The molecule has 0 aromatic carbocycles. The van der Waals surface area contributed by atoms with Crippen molar-refractivity contribution < 1.29 is 19.5 Å². The summed E-state index contributed by atoms with van der Waals surface area (Å²) in [5.74, 6) is -1.22. The quantitative estimate of drug-likeness (QED) is 0.693. The van der Waals surface area contributed by atoms with Crippen LogP contribution in [0.15, 0.2) is 0 Å². The van der Waals surface area contributed by atoms with Crippen LogP contribution in [0.1, 0.15) is 25.7 Å². The zero-order valence-corrected chi connectivity index (χ0v) is 8.76. The number of likely N-dealkylation sites (tertiary alicyclic amines) is 1. The van der Waals surface area contributed by atoms with E-state index >= 15 is 0 Å². The monoisotopic (exact) mass is 223 g/mol. The number of nitrogens with zero attached hydrogens (tertiary/aromatic N) is 1. The van der Waals surface area contributed by atoms with Crippen molar-refractivity contribution in [2.75, 3.05) is 0 Å². The number of fused-ring (bicyclic) bond motifs is 1. The highest BCUT2D eigenvalue weighted by atomic mass is 16.4. The average molecular weight is 223 g/mol. The first-order valence-electron chi connectivity index (χ1n) is 5.68. The number of piperidine rings is 1. The number of carboxylic acid groups (broad SMARTS) is 1. The number of hydrogen-bond acceptors (Lipinski definition) is 3. The van der Waals surface area contributed by atoms with Gasteiger partial charge in [0, 0.05) is 0 Å². The Hall–Kier alpha value is -1.39. The van der Waals surface area contributed by atoms with Crippen LogP contribution in [0.2, 0.25) is 0 Å². The molecule has 1 N–H and O–H groups in total. The van der Waals surface area contributed by atoms with E-state index in [1.54, 1.807) is 0 Å². The van der Waals surface area contributed by atoms with Gasteiger partial charge in [-0.2, -0.15) is 0 Å². The third-order valence-corrected chi connectivity index (χ3v) is 3.78. The van der Waals surface area contributed by atoms with Crippen molar-refractivity contribution in [1.29, 1.82) is 0 Å². The summed E-state index contributed by atoms with van der Waals surface area (Å²) >= 11 is 0. The van der Waals surface area contributed by atoms with E-state index in [0.29, 0.717) is 6.42 Å². The third kappa shape index (κ3) is 1.34. The fourth-order valence-electron chi connectivity index (χ4n) is 2.66. The molecule has 1 aliphatic heterocycles. The molecule has 5 nitrogen and oxygen atoms in total. The minimum absolute atomic E-state index is 0.0956. The lowest BCUT2D eigenvalue weighted by atomic mass is 10.1. The van der Waals surface area contributed by atoms with Crippen molar-refractivity contribution in [2.45, 2.75) is 31.7 Å². The van der Waals surface area contributed by atoms with E-state index in [1.165, 1.54) is 4.90 Å². The average Bonchev–Trinajstić information content (AvgIpc) is 3.09. The zero-order chi connectivity index (χ0) is 11.4. The molecule has 3 atom stereocenters. The molecule has 1 heterocycles. The second-order valence-corrected chi connectivity index (χ2v) is 5.00. The molecule has 2 amide bonds. The van der Waals surface area contributed by atoms with Crippen molar-refractivity contribution in [3.63, 3.8) is 0 Å². The first-order valence-corrected chi connectivity index (χ1v) is 5.68. The smallest absolute Gasteiger partial charge is 0.305 e. The molecule has 0 aromatic rings. The molecule has 5 heteroatoms. The maximum atomic E-state index is 11.8. The van der Waals surface area contributed by atoms with Crippen molar-refractivity contribution in [3.05, 3.63) is 0 Å². The van der Waals surface area contributed by atoms with Crippen LogP contribution >= 0.6 is 0 Å². The predicted octanol–water partition coefficient (Wildman–Crippen LogP) is 0.245. The van der Waals surface area contributed by atoms with Crippen molar-refractivity contribution in [2.24, 2.45) is 17.8 Å². The Labute approximate surface area is 92.4 Å². The summed E-state index contributed by atoms with van der Waals surface area (Å²) in [6, 6.07) is -0.384. The van der Waals surface area contributed by atoms with E-state index < -0.39 is 5.97 Å². The van der Waals surface area contributed by atoms with Crippen LogP contribution in [0.3, 0.4) is 0 Å². The molecule has 3 rings (SSSR count). The Balaban J connectivity index is 1.80. The third-order valence-electron chi connectivity index (χ3n) is 3.78. The number of rotatable bonds is 4. The van der Waals surface area contributed by atoms with Crippen LogP contribution in [-0.2, 0) is 14.4 Å². The molecule has 0 radical (unpaired) electrons. The Morgan fingerprint density at radius 2 is 1.88 bits per heavy atom. The SMILES string of the molecule is O=C(O)CC(C1CC1)N1C(=O)C2CC2C1=O. The number of amides is 2. The summed E-state index contributed by atoms with van der Waals surface area (Å²) in [5.41, 5.74) is 0. The number of carbonyl (C=O) groups excluding carboxylic acids is 2. The van der Waals surface area contributed by atoms with Crippen molar-refractivity contribution in [3.8, 4) is 0 Å². The first kappa shape index (κ1) is 9.81. The van der Waals surface area contributed by atoms with Gasteiger partial charge in [0.25, 0.3) is 0 Å². The Bertz CT molecular complexity index is 367. The van der Waals surface area contributed by atoms with Gasteiger partial charge in [-0.25, -0.2) is 0 Å². The van der Waals surface area contributed by atoms with Crippen LogP contribution < -0.4 is 0 Å². The van der Waals surface area contributed by atoms with Gasteiger partial charge in [-0.05, 0) is 25.2 Å². The molecule has 0 spiro atoms. The summed E-state index contributed by atoms with van der Waals surface area (Å²) in [6.07, 6.45) is 2.45. The van der Waals surface area contributed by atoms with Crippen LogP contribution in [-0.4, -0.2) is 33.8 Å². The van der Waals surface area contributed by atoms with Gasteiger partial charge >= 0.3 is 5.97 Å². The van der Waals surface area contributed by atoms with Crippen LogP contribution in [0.25, 0.3) is 0 Å². The molecule has 16 heavy (non-hydrogen) atoms. The number of aliphatic carboxylic acids is 1. The summed E-state index contributed by atoms with van der Waals surface area (Å²) in [5, 5.41) is 8.82. The highest BCUT2D eigenvalue weighted by Gasteiger charge is 2.61. The maximum Gasteiger partial charge on any atom is 0.305 e. The fraction of sp³-hybridized carbons (Fsp3) is 0.727. The van der Waals surface area contributed by atoms with Crippen molar-refractivity contribution in [1.82, 2.24) is 4.90 Å². The molecule has 3 unspecified atom stereocenters. The molecular formula is C11H13NO4. The lowest BCUT2D eigenvalue weighted by molar-refractivity contribution is -0.147. The van der Waals surface area contributed by atoms with Gasteiger partial charge in [-0.3, -0.25) is 19.3 Å².